The van der Waals surface area contributed by atoms with E-state index in [9.17, 15) is 13.2 Å². The Balaban J connectivity index is 1.45. The van der Waals surface area contributed by atoms with E-state index in [0.29, 0.717) is 30.9 Å². The van der Waals surface area contributed by atoms with Gasteiger partial charge in [-0.25, -0.2) is 12.7 Å². The highest BCUT2D eigenvalue weighted by Gasteiger charge is 2.28. The number of amides is 1. The quantitative estimate of drug-likeness (QED) is 0.827. The summed E-state index contributed by atoms with van der Waals surface area (Å²) in [5.74, 6) is 0.924. The van der Waals surface area contributed by atoms with Crippen LogP contribution in [0.3, 0.4) is 0 Å². The molecule has 1 aromatic carbocycles. The van der Waals surface area contributed by atoms with Gasteiger partial charge in [0.1, 0.15) is 5.75 Å². The maximum atomic E-state index is 12.5. The minimum absolute atomic E-state index is 0.138. The summed E-state index contributed by atoms with van der Waals surface area (Å²) in [5, 5.41) is 2.86. The lowest BCUT2D eigenvalue weighted by molar-refractivity contribution is 0.0956. The third kappa shape index (κ3) is 3.61. The second kappa shape index (κ2) is 7.26. The summed E-state index contributed by atoms with van der Waals surface area (Å²) in [6.07, 6.45) is 2.51. The normalized spacial score (nSPS) is 18.0. The van der Waals surface area contributed by atoms with Crippen molar-refractivity contribution in [3.8, 4) is 16.2 Å². The van der Waals surface area contributed by atoms with Gasteiger partial charge >= 0.3 is 0 Å². The van der Waals surface area contributed by atoms with Crippen LogP contribution < -0.4 is 10.1 Å². The number of aryl methyl sites for hydroxylation is 2. The molecule has 1 saturated heterocycles. The Morgan fingerprint density at radius 2 is 2.07 bits per heavy atom. The Hall–Kier alpha value is -1.90. The molecular formula is C19H22N2O4S2. The number of sulfonamides is 1. The van der Waals surface area contributed by atoms with Gasteiger partial charge in [-0.3, -0.25) is 4.79 Å². The molecule has 0 saturated carbocycles. The Bertz CT molecular complexity index is 982. The zero-order chi connectivity index (χ0) is 19.0. The van der Waals surface area contributed by atoms with Crippen LogP contribution in [0.2, 0.25) is 0 Å². The lowest BCUT2D eigenvalue weighted by atomic mass is 9.91. The number of benzene rings is 1. The molecule has 1 aliphatic heterocycles. The lowest BCUT2D eigenvalue weighted by Gasteiger charge is -2.16. The van der Waals surface area contributed by atoms with Gasteiger partial charge in [0.25, 0.3) is 5.91 Å². The molecule has 27 heavy (non-hydrogen) atoms. The topological polar surface area (TPSA) is 75.7 Å². The van der Waals surface area contributed by atoms with Crippen LogP contribution in [0.25, 0.3) is 10.4 Å². The van der Waals surface area contributed by atoms with Crippen molar-refractivity contribution < 1.29 is 17.9 Å². The Labute approximate surface area is 163 Å². The lowest BCUT2D eigenvalue weighted by Crippen LogP contribution is -2.35. The Morgan fingerprint density at radius 1 is 1.26 bits per heavy atom. The first-order chi connectivity index (χ1) is 13.0. The van der Waals surface area contributed by atoms with Gasteiger partial charge in [0.2, 0.25) is 10.0 Å². The molecule has 1 N–H and O–H groups in total. The van der Waals surface area contributed by atoms with Crippen LogP contribution in [0.5, 0.6) is 5.75 Å². The van der Waals surface area contributed by atoms with Gasteiger partial charge < -0.3 is 10.1 Å². The molecule has 1 aliphatic carbocycles. The summed E-state index contributed by atoms with van der Waals surface area (Å²) in [6, 6.07) is 8.04. The van der Waals surface area contributed by atoms with E-state index in [1.54, 1.807) is 7.11 Å². The molecule has 0 spiro atoms. The third-order valence-corrected chi connectivity index (χ3v) is 8.27. The number of thiophene rings is 1. The van der Waals surface area contributed by atoms with Crippen molar-refractivity contribution in [1.82, 2.24) is 9.62 Å². The highest BCUT2D eigenvalue weighted by molar-refractivity contribution is 7.89. The molecule has 0 bridgehead atoms. The number of rotatable bonds is 5. The van der Waals surface area contributed by atoms with Crippen molar-refractivity contribution in [1.29, 1.82) is 0 Å². The van der Waals surface area contributed by atoms with E-state index < -0.39 is 10.0 Å². The molecule has 6 nitrogen and oxygen atoms in total. The van der Waals surface area contributed by atoms with Crippen LogP contribution in [0.1, 0.15) is 27.2 Å². The molecular weight excluding hydrogens is 384 g/mol. The molecule has 2 aromatic rings. The van der Waals surface area contributed by atoms with Gasteiger partial charge in [0.15, 0.2) is 0 Å². The van der Waals surface area contributed by atoms with Gasteiger partial charge in [-0.15, -0.1) is 11.3 Å². The highest BCUT2D eigenvalue weighted by Crippen LogP contribution is 2.40. The zero-order valence-corrected chi connectivity index (χ0v) is 16.8. The molecule has 2 heterocycles. The van der Waals surface area contributed by atoms with E-state index >= 15 is 0 Å². The summed E-state index contributed by atoms with van der Waals surface area (Å²) < 4.78 is 30.4. The number of methoxy groups -OCH3 is 1. The van der Waals surface area contributed by atoms with E-state index in [0.717, 1.165) is 23.5 Å². The average molecular weight is 407 g/mol. The van der Waals surface area contributed by atoms with Gasteiger partial charge in [-0.2, -0.15) is 0 Å². The number of hydrogen-bond donors (Lipinski definition) is 1. The third-order valence-electron chi connectivity index (χ3n) is 5.10. The Kier molecular flexibility index (Phi) is 4.96. The van der Waals surface area contributed by atoms with E-state index in [2.05, 4.69) is 17.4 Å². The van der Waals surface area contributed by atoms with Crippen molar-refractivity contribution >= 4 is 27.3 Å². The first-order valence-electron chi connectivity index (χ1n) is 9.04. The number of carbonyl (C=O) groups is 1. The van der Waals surface area contributed by atoms with Crippen LogP contribution in [0, 0.1) is 0 Å². The van der Waals surface area contributed by atoms with Crippen LogP contribution in [0.4, 0.5) is 0 Å². The smallest absolute Gasteiger partial charge is 0.261 e. The number of ether oxygens (including phenoxy) is 1. The van der Waals surface area contributed by atoms with Crippen LogP contribution in [-0.4, -0.2) is 51.1 Å². The summed E-state index contributed by atoms with van der Waals surface area (Å²) >= 11 is 1.50. The monoisotopic (exact) mass is 406 g/mol. The first-order valence-corrected chi connectivity index (χ1v) is 11.5. The number of carbonyl (C=O) groups excluding carboxylic acids is 1. The van der Waals surface area contributed by atoms with E-state index in [1.165, 1.54) is 32.3 Å². The fourth-order valence-corrected chi connectivity index (χ4v) is 6.39. The second-order valence-electron chi connectivity index (χ2n) is 6.81. The molecule has 0 atom stereocenters. The van der Waals surface area contributed by atoms with Gasteiger partial charge in [0.05, 0.1) is 17.7 Å². The van der Waals surface area contributed by atoms with Gasteiger partial charge in [-0.1, -0.05) is 0 Å². The number of hydrogen-bond acceptors (Lipinski definition) is 5. The second-order valence-corrected chi connectivity index (χ2v) is 9.95. The predicted octanol–water partition coefficient (Wildman–Crippen LogP) is 2.29. The fourth-order valence-electron chi connectivity index (χ4n) is 3.67. The van der Waals surface area contributed by atoms with Gasteiger partial charge in [-0.05, 0) is 60.2 Å². The van der Waals surface area contributed by atoms with E-state index in [1.807, 2.05) is 12.1 Å². The summed E-state index contributed by atoms with van der Waals surface area (Å²) in [4.78, 5) is 14.3. The van der Waals surface area contributed by atoms with E-state index in [4.69, 9.17) is 4.74 Å². The summed E-state index contributed by atoms with van der Waals surface area (Å²) in [7, 11) is -1.45. The highest BCUT2D eigenvalue weighted by atomic mass is 32.2. The molecule has 8 heteroatoms. The maximum Gasteiger partial charge on any atom is 0.261 e. The standard InChI is InChI=1S/C19H22N2O4S2/c1-25-15-5-6-16-13(11-15)3-4-14-12-17(26-18(14)16)19(22)20-7-9-21-8-2-10-27(21,23)24/h5-6,11-12H,2-4,7-10H2,1H3,(H,20,22). The van der Waals surface area contributed by atoms with Crippen molar-refractivity contribution in [2.75, 3.05) is 32.5 Å². The zero-order valence-electron chi connectivity index (χ0n) is 15.2. The van der Waals surface area contributed by atoms with Crippen LogP contribution >= 0.6 is 11.3 Å². The number of nitrogens with one attached hydrogen (secondary N) is 1. The Morgan fingerprint density at radius 3 is 2.81 bits per heavy atom. The largest absolute Gasteiger partial charge is 0.497 e. The summed E-state index contributed by atoms with van der Waals surface area (Å²) in [5.41, 5.74) is 3.61. The minimum Gasteiger partial charge on any atom is -0.497 e. The van der Waals surface area contributed by atoms with Gasteiger partial charge in [0, 0.05) is 24.5 Å². The first kappa shape index (κ1) is 18.5. The molecule has 0 unspecified atom stereocenters. The van der Waals surface area contributed by atoms with Crippen LogP contribution in [0.15, 0.2) is 24.3 Å². The van der Waals surface area contributed by atoms with Crippen molar-refractivity contribution in [2.24, 2.45) is 0 Å². The molecule has 1 aromatic heterocycles. The van der Waals surface area contributed by atoms with Crippen molar-refractivity contribution in [3.63, 3.8) is 0 Å². The fraction of sp³-hybridized carbons (Fsp3) is 0.421. The van der Waals surface area contributed by atoms with E-state index in [-0.39, 0.29) is 11.7 Å². The molecule has 144 valence electrons. The minimum atomic E-state index is -3.12. The average Bonchev–Trinajstić information content (AvgIpc) is 3.24. The molecule has 2 aliphatic rings. The molecule has 0 radical (unpaired) electrons. The van der Waals surface area contributed by atoms with Crippen LogP contribution in [-0.2, 0) is 22.9 Å². The number of nitrogens with zero attached hydrogens (tertiary/aromatic N) is 1. The SMILES string of the molecule is COc1ccc2c(c1)CCc1cc(C(=O)NCCN3CCCS3(=O)=O)sc1-2. The molecule has 4 rings (SSSR count). The van der Waals surface area contributed by atoms with Crippen molar-refractivity contribution in [3.05, 3.63) is 40.3 Å². The number of fused-ring (bicyclic) bond motifs is 3. The summed E-state index contributed by atoms with van der Waals surface area (Å²) in [6.45, 7) is 1.21. The molecule has 1 amide bonds. The van der Waals surface area contributed by atoms with Crippen molar-refractivity contribution in [2.45, 2.75) is 19.3 Å². The predicted molar refractivity (Wildman–Crippen MR) is 106 cm³/mol. The maximum absolute atomic E-state index is 12.5. The molecule has 1 fully saturated rings.